The Morgan fingerprint density at radius 2 is 2.32 bits per heavy atom. The monoisotopic (exact) mass is 264 g/mol. The van der Waals surface area contributed by atoms with Gasteiger partial charge in [0.25, 0.3) is 0 Å². The van der Waals surface area contributed by atoms with E-state index < -0.39 is 0 Å². The molecular weight excluding hydrogens is 240 g/mol. The van der Waals surface area contributed by atoms with Crippen molar-refractivity contribution in [2.75, 3.05) is 13.1 Å². The minimum Gasteiger partial charge on any atom is -0.355 e. The van der Waals surface area contributed by atoms with E-state index >= 15 is 0 Å². The minimum absolute atomic E-state index is 0.0288. The summed E-state index contributed by atoms with van der Waals surface area (Å²) >= 11 is 0. The molecule has 0 saturated heterocycles. The van der Waals surface area contributed by atoms with Crippen LogP contribution in [0, 0.1) is 5.92 Å². The molecule has 0 saturated carbocycles. The number of carbonyl (C=O) groups excluding carboxylic acids is 1. The summed E-state index contributed by atoms with van der Waals surface area (Å²) in [4.78, 5) is 15.8. The summed E-state index contributed by atoms with van der Waals surface area (Å²) in [5.41, 5.74) is 2.53. The van der Waals surface area contributed by atoms with Crippen molar-refractivity contribution in [1.29, 1.82) is 0 Å². The molecule has 5 heteroatoms. The van der Waals surface area contributed by atoms with Crippen molar-refractivity contribution >= 4 is 5.91 Å². The topological polar surface area (TPSA) is 59.0 Å². The first kappa shape index (κ1) is 14.1. The molecule has 1 aromatic rings. The molecule has 1 aliphatic heterocycles. The van der Waals surface area contributed by atoms with Crippen LogP contribution in [0.1, 0.15) is 38.0 Å². The van der Waals surface area contributed by atoms with E-state index in [1.165, 1.54) is 11.4 Å². The Kier molecular flexibility index (Phi) is 4.58. The molecule has 1 amide bonds. The summed E-state index contributed by atoms with van der Waals surface area (Å²) in [6.07, 6.45) is 2.02. The van der Waals surface area contributed by atoms with Crippen LogP contribution in [0.2, 0.25) is 0 Å². The van der Waals surface area contributed by atoms with E-state index in [1.807, 2.05) is 0 Å². The maximum Gasteiger partial charge on any atom is 0.216 e. The SMILES string of the molecule is CC(=O)NCCn1c(CC(C)C)nc2c1CCNC2. The Morgan fingerprint density at radius 3 is 3.00 bits per heavy atom. The van der Waals surface area contributed by atoms with Crippen LogP contribution in [0.15, 0.2) is 0 Å². The first-order valence-electron chi connectivity index (χ1n) is 7.10. The number of rotatable bonds is 5. The predicted molar refractivity (Wildman–Crippen MR) is 74.9 cm³/mol. The van der Waals surface area contributed by atoms with Gasteiger partial charge in [-0.3, -0.25) is 4.79 Å². The zero-order valence-electron chi connectivity index (χ0n) is 12.1. The predicted octanol–water partition coefficient (Wildman–Crippen LogP) is 0.863. The van der Waals surface area contributed by atoms with Gasteiger partial charge in [0.05, 0.1) is 5.69 Å². The van der Waals surface area contributed by atoms with Crippen LogP contribution < -0.4 is 10.6 Å². The number of fused-ring (bicyclic) bond motifs is 1. The van der Waals surface area contributed by atoms with Crippen molar-refractivity contribution in [3.63, 3.8) is 0 Å². The molecule has 0 aromatic carbocycles. The fourth-order valence-electron chi connectivity index (χ4n) is 2.56. The fourth-order valence-corrected chi connectivity index (χ4v) is 2.56. The Morgan fingerprint density at radius 1 is 1.53 bits per heavy atom. The van der Waals surface area contributed by atoms with Crippen LogP contribution in [0.4, 0.5) is 0 Å². The molecule has 19 heavy (non-hydrogen) atoms. The van der Waals surface area contributed by atoms with E-state index in [0.29, 0.717) is 12.5 Å². The highest BCUT2D eigenvalue weighted by atomic mass is 16.1. The highest BCUT2D eigenvalue weighted by Crippen LogP contribution is 2.18. The van der Waals surface area contributed by atoms with Crippen molar-refractivity contribution in [2.24, 2.45) is 5.92 Å². The van der Waals surface area contributed by atoms with Gasteiger partial charge in [-0.05, 0) is 5.92 Å². The Bertz CT molecular complexity index is 451. The quantitative estimate of drug-likeness (QED) is 0.829. The molecule has 106 valence electrons. The Balaban J connectivity index is 2.16. The zero-order valence-corrected chi connectivity index (χ0v) is 12.1. The van der Waals surface area contributed by atoms with Crippen LogP contribution in [0.5, 0.6) is 0 Å². The maximum absolute atomic E-state index is 11.0. The molecular formula is C14H24N4O. The van der Waals surface area contributed by atoms with Gasteiger partial charge in [-0.1, -0.05) is 13.8 Å². The lowest BCUT2D eigenvalue weighted by atomic mass is 10.1. The second kappa shape index (κ2) is 6.19. The van der Waals surface area contributed by atoms with E-state index in [1.54, 1.807) is 6.92 Å². The largest absolute Gasteiger partial charge is 0.355 e. The van der Waals surface area contributed by atoms with Gasteiger partial charge in [-0.15, -0.1) is 0 Å². The van der Waals surface area contributed by atoms with Gasteiger partial charge in [0.2, 0.25) is 5.91 Å². The lowest BCUT2D eigenvalue weighted by Gasteiger charge is -2.16. The number of carbonyl (C=O) groups is 1. The van der Waals surface area contributed by atoms with Crippen LogP contribution in [0.25, 0.3) is 0 Å². The van der Waals surface area contributed by atoms with Gasteiger partial charge in [0.15, 0.2) is 0 Å². The lowest BCUT2D eigenvalue weighted by Crippen LogP contribution is -2.28. The Hall–Kier alpha value is -1.36. The lowest BCUT2D eigenvalue weighted by molar-refractivity contribution is -0.118. The summed E-state index contributed by atoms with van der Waals surface area (Å²) in [6, 6.07) is 0. The maximum atomic E-state index is 11.0. The summed E-state index contributed by atoms with van der Waals surface area (Å²) in [5.74, 6) is 1.78. The number of imidazole rings is 1. The van der Waals surface area contributed by atoms with Gasteiger partial charge in [-0.25, -0.2) is 4.98 Å². The molecule has 0 unspecified atom stereocenters. The van der Waals surface area contributed by atoms with E-state index in [4.69, 9.17) is 4.98 Å². The number of nitrogens with zero attached hydrogens (tertiary/aromatic N) is 2. The molecule has 1 aliphatic rings. The smallest absolute Gasteiger partial charge is 0.216 e. The van der Waals surface area contributed by atoms with E-state index in [0.717, 1.165) is 38.3 Å². The fraction of sp³-hybridized carbons (Fsp3) is 0.714. The number of nitrogens with one attached hydrogen (secondary N) is 2. The highest BCUT2D eigenvalue weighted by Gasteiger charge is 2.19. The highest BCUT2D eigenvalue weighted by molar-refractivity contribution is 5.72. The summed E-state index contributed by atoms with van der Waals surface area (Å²) in [7, 11) is 0. The molecule has 2 heterocycles. The molecule has 0 aliphatic carbocycles. The van der Waals surface area contributed by atoms with Crippen LogP contribution >= 0.6 is 0 Å². The van der Waals surface area contributed by atoms with E-state index in [-0.39, 0.29) is 5.91 Å². The third-order valence-corrected chi connectivity index (χ3v) is 3.37. The molecule has 0 spiro atoms. The molecule has 1 aromatic heterocycles. The van der Waals surface area contributed by atoms with Crippen molar-refractivity contribution in [1.82, 2.24) is 20.2 Å². The van der Waals surface area contributed by atoms with Gasteiger partial charge in [0, 0.05) is 51.6 Å². The summed E-state index contributed by atoms with van der Waals surface area (Å²) in [5, 5.41) is 6.23. The summed E-state index contributed by atoms with van der Waals surface area (Å²) < 4.78 is 2.31. The van der Waals surface area contributed by atoms with Crippen molar-refractivity contribution < 1.29 is 4.79 Å². The normalized spacial score (nSPS) is 14.5. The minimum atomic E-state index is 0.0288. The molecule has 0 fully saturated rings. The van der Waals surface area contributed by atoms with Crippen LogP contribution in [0.3, 0.4) is 0 Å². The molecule has 5 nitrogen and oxygen atoms in total. The average Bonchev–Trinajstić information content (AvgIpc) is 2.66. The van der Waals surface area contributed by atoms with E-state index in [2.05, 4.69) is 29.0 Å². The van der Waals surface area contributed by atoms with Gasteiger partial charge >= 0.3 is 0 Å². The first-order valence-corrected chi connectivity index (χ1v) is 7.10. The Labute approximate surface area is 114 Å². The van der Waals surface area contributed by atoms with Crippen LogP contribution in [-0.4, -0.2) is 28.5 Å². The molecule has 0 radical (unpaired) electrons. The van der Waals surface area contributed by atoms with Gasteiger partial charge < -0.3 is 15.2 Å². The molecule has 0 atom stereocenters. The first-order chi connectivity index (χ1) is 9.08. The van der Waals surface area contributed by atoms with Crippen molar-refractivity contribution in [2.45, 2.75) is 46.7 Å². The third-order valence-electron chi connectivity index (χ3n) is 3.37. The van der Waals surface area contributed by atoms with Crippen LogP contribution in [-0.2, 0) is 30.7 Å². The summed E-state index contributed by atoms with van der Waals surface area (Å²) in [6.45, 7) is 9.37. The number of hydrogen-bond acceptors (Lipinski definition) is 3. The van der Waals surface area contributed by atoms with Gasteiger partial charge in [-0.2, -0.15) is 0 Å². The number of amides is 1. The van der Waals surface area contributed by atoms with Gasteiger partial charge in [0.1, 0.15) is 5.82 Å². The van der Waals surface area contributed by atoms with E-state index in [9.17, 15) is 4.79 Å². The third kappa shape index (κ3) is 3.56. The average molecular weight is 264 g/mol. The number of hydrogen-bond donors (Lipinski definition) is 2. The zero-order chi connectivity index (χ0) is 13.8. The molecule has 2 rings (SSSR count). The molecule has 0 bridgehead atoms. The number of aromatic nitrogens is 2. The van der Waals surface area contributed by atoms with Crippen molar-refractivity contribution in [3.05, 3.63) is 17.2 Å². The van der Waals surface area contributed by atoms with Crippen molar-refractivity contribution in [3.8, 4) is 0 Å². The second-order valence-electron chi connectivity index (χ2n) is 5.58. The standard InChI is InChI=1S/C14H24N4O/c1-10(2)8-14-17-12-9-15-5-4-13(12)18(14)7-6-16-11(3)19/h10,15H,4-9H2,1-3H3,(H,16,19). The molecule has 2 N–H and O–H groups in total. The second-order valence-corrected chi connectivity index (χ2v) is 5.58.